The zero-order valence-corrected chi connectivity index (χ0v) is 9.68. The van der Waals surface area contributed by atoms with Gasteiger partial charge in [0.15, 0.2) is 0 Å². The van der Waals surface area contributed by atoms with Crippen molar-refractivity contribution in [2.75, 3.05) is 6.54 Å². The number of allylic oxidation sites excluding steroid dienone is 3. The van der Waals surface area contributed by atoms with Gasteiger partial charge in [-0.1, -0.05) is 23.3 Å². The van der Waals surface area contributed by atoms with Gasteiger partial charge in [-0.25, -0.2) is 0 Å². The van der Waals surface area contributed by atoms with Crippen LogP contribution in [0, 0.1) is 0 Å². The number of carbonyl (C=O) groups is 1. The smallest absolute Gasteiger partial charge is 0.217 e. The molecular weight excluding hydrogens is 174 g/mol. The first-order chi connectivity index (χ1) is 6.52. The quantitative estimate of drug-likeness (QED) is 0.671. The molecule has 2 heteroatoms. The largest absolute Gasteiger partial charge is 0.353 e. The Labute approximate surface area is 87.1 Å². The summed E-state index contributed by atoms with van der Waals surface area (Å²) in [6.07, 6.45) is 6.46. The number of amides is 1. The Hall–Kier alpha value is -1.05. The molecule has 1 N–H and O–H groups in total. The summed E-state index contributed by atoms with van der Waals surface area (Å²) < 4.78 is 0. The summed E-state index contributed by atoms with van der Waals surface area (Å²) in [6.45, 7) is 8.50. The maximum atomic E-state index is 10.6. The summed E-state index contributed by atoms with van der Waals surface area (Å²) in [4.78, 5) is 10.6. The molecule has 0 aromatic heterocycles. The first-order valence-corrected chi connectivity index (χ1v) is 5.06. The molecule has 0 rings (SSSR count). The molecule has 0 saturated heterocycles. The Bertz CT molecular complexity index is 235. The van der Waals surface area contributed by atoms with Crippen LogP contribution < -0.4 is 5.32 Å². The van der Waals surface area contributed by atoms with E-state index in [0.717, 1.165) is 12.8 Å². The fraction of sp³-hybridized carbons (Fsp3) is 0.583. The Morgan fingerprint density at radius 1 is 1.14 bits per heavy atom. The Kier molecular flexibility index (Phi) is 6.81. The molecule has 0 aliphatic heterocycles. The molecule has 0 bridgehead atoms. The van der Waals surface area contributed by atoms with Crippen molar-refractivity contribution >= 4 is 5.91 Å². The zero-order chi connectivity index (χ0) is 11.0. The van der Waals surface area contributed by atoms with Gasteiger partial charge in [-0.2, -0.15) is 0 Å². The van der Waals surface area contributed by atoms with Gasteiger partial charge in [0, 0.05) is 13.5 Å². The third-order valence-corrected chi connectivity index (χ3v) is 1.89. The van der Waals surface area contributed by atoms with Crippen LogP contribution in [0.5, 0.6) is 0 Å². The number of nitrogens with one attached hydrogen (secondary N) is 1. The molecule has 0 aliphatic carbocycles. The van der Waals surface area contributed by atoms with Crippen molar-refractivity contribution in [1.29, 1.82) is 0 Å². The fourth-order valence-electron chi connectivity index (χ4n) is 1.06. The molecular formula is C12H21NO. The Morgan fingerprint density at radius 2 is 1.79 bits per heavy atom. The highest BCUT2D eigenvalue weighted by Gasteiger charge is 1.90. The van der Waals surface area contributed by atoms with E-state index in [1.165, 1.54) is 18.1 Å². The van der Waals surface area contributed by atoms with E-state index in [0.29, 0.717) is 6.54 Å². The molecule has 14 heavy (non-hydrogen) atoms. The van der Waals surface area contributed by atoms with Crippen LogP contribution in [-0.2, 0) is 4.79 Å². The van der Waals surface area contributed by atoms with Crippen LogP contribution in [0.2, 0.25) is 0 Å². The van der Waals surface area contributed by atoms with Gasteiger partial charge in [-0.15, -0.1) is 0 Å². The lowest BCUT2D eigenvalue weighted by atomic mass is 10.1. The molecule has 0 aromatic rings. The van der Waals surface area contributed by atoms with Crippen molar-refractivity contribution in [3.8, 4) is 0 Å². The second-order valence-corrected chi connectivity index (χ2v) is 3.81. The Morgan fingerprint density at radius 3 is 2.29 bits per heavy atom. The van der Waals surface area contributed by atoms with Gasteiger partial charge < -0.3 is 5.32 Å². The van der Waals surface area contributed by atoms with E-state index >= 15 is 0 Å². The standard InChI is InChI=1S/C12H21NO/c1-10(2)6-5-7-11(3)8-9-13-12(4)14/h6,8H,5,7,9H2,1-4H3,(H,13,14). The van der Waals surface area contributed by atoms with Crippen LogP contribution >= 0.6 is 0 Å². The molecule has 0 atom stereocenters. The van der Waals surface area contributed by atoms with Gasteiger partial charge in [0.1, 0.15) is 0 Å². The monoisotopic (exact) mass is 195 g/mol. The SMILES string of the molecule is CC(=O)NCC=C(C)CCC=C(C)C. The topological polar surface area (TPSA) is 29.1 Å². The predicted octanol–water partition coefficient (Wildman–Crippen LogP) is 2.82. The maximum Gasteiger partial charge on any atom is 0.217 e. The van der Waals surface area contributed by atoms with E-state index in [9.17, 15) is 4.79 Å². The zero-order valence-electron chi connectivity index (χ0n) is 9.68. The summed E-state index contributed by atoms with van der Waals surface area (Å²) in [6, 6.07) is 0. The highest BCUT2D eigenvalue weighted by Crippen LogP contribution is 2.05. The van der Waals surface area contributed by atoms with Crippen LogP contribution in [0.25, 0.3) is 0 Å². The summed E-state index contributed by atoms with van der Waals surface area (Å²) in [5.74, 6) is 0.0262. The normalized spacial score (nSPS) is 11.0. The van der Waals surface area contributed by atoms with Crippen molar-refractivity contribution in [3.63, 3.8) is 0 Å². The molecule has 0 aliphatic rings. The molecule has 0 fully saturated rings. The molecule has 80 valence electrons. The summed E-state index contributed by atoms with van der Waals surface area (Å²) in [5.41, 5.74) is 2.69. The molecule has 0 saturated carbocycles. The predicted molar refractivity (Wildman–Crippen MR) is 61.1 cm³/mol. The molecule has 0 aromatic carbocycles. The number of hydrogen-bond acceptors (Lipinski definition) is 1. The van der Waals surface area contributed by atoms with E-state index in [1.54, 1.807) is 0 Å². The second kappa shape index (κ2) is 7.36. The average molecular weight is 195 g/mol. The lowest BCUT2D eigenvalue weighted by molar-refractivity contribution is -0.118. The van der Waals surface area contributed by atoms with Crippen LogP contribution in [0.15, 0.2) is 23.3 Å². The van der Waals surface area contributed by atoms with Crippen LogP contribution in [0.3, 0.4) is 0 Å². The molecule has 0 radical (unpaired) electrons. The number of carbonyl (C=O) groups excluding carboxylic acids is 1. The van der Waals surface area contributed by atoms with E-state index < -0.39 is 0 Å². The van der Waals surface area contributed by atoms with Gasteiger partial charge in [0.2, 0.25) is 5.91 Å². The van der Waals surface area contributed by atoms with Crippen molar-refractivity contribution in [1.82, 2.24) is 5.32 Å². The fourth-order valence-corrected chi connectivity index (χ4v) is 1.06. The van der Waals surface area contributed by atoms with E-state index in [2.05, 4.69) is 38.2 Å². The second-order valence-electron chi connectivity index (χ2n) is 3.81. The lowest BCUT2D eigenvalue weighted by Gasteiger charge is -2.00. The van der Waals surface area contributed by atoms with Crippen LogP contribution in [0.1, 0.15) is 40.5 Å². The van der Waals surface area contributed by atoms with Gasteiger partial charge >= 0.3 is 0 Å². The van der Waals surface area contributed by atoms with Gasteiger partial charge in [0.25, 0.3) is 0 Å². The van der Waals surface area contributed by atoms with Crippen LogP contribution in [-0.4, -0.2) is 12.5 Å². The van der Waals surface area contributed by atoms with Crippen molar-refractivity contribution in [2.45, 2.75) is 40.5 Å². The third kappa shape index (κ3) is 9.04. The van der Waals surface area contributed by atoms with E-state index in [-0.39, 0.29) is 5.91 Å². The first kappa shape index (κ1) is 12.9. The summed E-state index contributed by atoms with van der Waals surface area (Å²) >= 11 is 0. The lowest BCUT2D eigenvalue weighted by Crippen LogP contribution is -2.19. The summed E-state index contributed by atoms with van der Waals surface area (Å²) in [5, 5.41) is 2.74. The number of hydrogen-bond donors (Lipinski definition) is 1. The molecule has 0 unspecified atom stereocenters. The Balaban J connectivity index is 3.67. The third-order valence-electron chi connectivity index (χ3n) is 1.89. The van der Waals surface area contributed by atoms with Crippen molar-refractivity contribution in [3.05, 3.63) is 23.3 Å². The van der Waals surface area contributed by atoms with E-state index in [4.69, 9.17) is 0 Å². The molecule has 0 heterocycles. The molecule has 1 amide bonds. The van der Waals surface area contributed by atoms with Gasteiger partial charge in [-0.05, 0) is 33.6 Å². The average Bonchev–Trinajstić information content (AvgIpc) is 2.02. The van der Waals surface area contributed by atoms with Gasteiger partial charge in [-0.3, -0.25) is 4.79 Å². The van der Waals surface area contributed by atoms with Crippen molar-refractivity contribution in [2.24, 2.45) is 0 Å². The minimum absolute atomic E-state index is 0.0262. The van der Waals surface area contributed by atoms with E-state index in [1.807, 2.05) is 0 Å². The maximum absolute atomic E-state index is 10.6. The van der Waals surface area contributed by atoms with Crippen LogP contribution in [0.4, 0.5) is 0 Å². The summed E-state index contributed by atoms with van der Waals surface area (Å²) in [7, 11) is 0. The first-order valence-electron chi connectivity index (χ1n) is 5.06. The van der Waals surface area contributed by atoms with Gasteiger partial charge in [0.05, 0.1) is 0 Å². The minimum Gasteiger partial charge on any atom is -0.353 e. The minimum atomic E-state index is 0.0262. The number of rotatable bonds is 5. The molecule has 2 nitrogen and oxygen atoms in total. The highest BCUT2D eigenvalue weighted by atomic mass is 16.1. The van der Waals surface area contributed by atoms with Crippen molar-refractivity contribution < 1.29 is 4.79 Å². The molecule has 0 spiro atoms. The highest BCUT2D eigenvalue weighted by molar-refractivity contribution is 5.72.